The second-order valence-electron chi connectivity index (χ2n) is 6.75. The molecule has 0 radical (unpaired) electrons. The van der Waals surface area contributed by atoms with Crippen LogP contribution in [-0.2, 0) is 14.3 Å². The van der Waals surface area contributed by atoms with Gasteiger partial charge in [0.25, 0.3) is 0 Å². The van der Waals surface area contributed by atoms with Crippen LogP contribution < -0.4 is 10.6 Å². The topological polar surface area (TPSA) is 67.4 Å². The van der Waals surface area contributed by atoms with E-state index < -0.39 is 23.3 Å². The predicted molar refractivity (Wildman–Crippen MR) is 106 cm³/mol. The predicted octanol–water partition coefficient (Wildman–Crippen LogP) is 3.45. The average Bonchev–Trinajstić information content (AvgIpc) is 2.55. The van der Waals surface area contributed by atoms with Gasteiger partial charge in [0.15, 0.2) is 10.5 Å². The van der Waals surface area contributed by atoms with Gasteiger partial charge in [-0.05, 0) is 30.1 Å². The first-order chi connectivity index (χ1) is 12.3. The van der Waals surface area contributed by atoms with Gasteiger partial charge in [0, 0.05) is 18.1 Å². The zero-order valence-corrected chi connectivity index (χ0v) is 16.5. The molecule has 2 rings (SSSR count). The number of amides is 2. The van der Waals surface area contributed by atoms with Gasteiger partial charge >= 0.3 is 0 Å². The molecule has 0 aliphatic carbocycles. The highest BCUT2D eigenvalue weighted by molar-refractivity contribution is 7.80. The summed E-state index contributed by atoms with van der Waals surface area (Å²) in [6, 6.07) is 9.18. The fraction of sp³-hybridized carbons (Fsp3) is 0.421. The van der Waals surface area contributed by atoms with Gasteiger partial charge in [0.2, 0.25) is 11.8 Å². The maximum Gasteiger partial charge on any atom is 0.245 e. The number of nitrogens with one attached hydrogen (secondary N) is 2. The molecule has 1 aromatic carbocycles. The summed E-state index contributed by atoms with van der Waals surface area (Å²) in [7, 11) is 0. The van der Waals surface area contributed by atoms with Crippen molar-refractivity contribution in [1.29, 1.82) is 0 Å². The van der Waals surface area contributed by atoms with Crippen molar-refractivity contribution in [1.82, 2.24) is 10.6 Å². The van der Waals surface area contributed by atoms with Crippen molar-refractivity contribution >= 4 is 40.7 Å². The van der Waals surface area contributed by atoms with Crippen molar-refractivity contribution < 1.29 is 14.3 Å². The summed E-state index contributed by atoms with van der Waals surface area (Å²) in [5.74, 6) is -0.648. The number of benzene rings is 1. The number of rotatable bonds is 8. The van der Waals surface area contributed by atoms with Crippen molar-refractivity contribution in [2.75, 3.05) is 6.61 Å². The highest BCUT2D eigenvalue weighted by atomic mass is 35.5. The molecule has 140 valence electrons. The Morgan fingerprint density at radius 3 is 2.31 bits per heavy atom. The molecule has 1 unspecified atom stereocenters. The first-order valence-electron chi connectivity index (χ1n) is 8.44. The lowest BCUT2D eigenvalue weighted by Gasteiger charge is -2.40. The van der Waals surface area contributed by atoms with Gasteiger partial charge in [-0.2, -0.15) is 0 Å². The van der Waals surface area contributed by atoms with Crippen LogP contribution in [0, 0.1) is 11.3 Å². The third kappa shape index (κ3) is 4.50. The zero-order valence-electron chi connectivity index (χ0n) is 14.9. The molecular formula is C19H23ClN2O3S. The molecule has 0 spiro atoms. The Balaban J connectivity index is 2.50. The standard InChI is InChI=1S/C19H23ClN2O3S/c1-12(2)9-10-25-15(14-7-5-4-6-8-14)19(11-13(3)20)16(23)21-18(26)22-17(19)24/h4-8,12,15H,3,9-11H2,1-2H3,(H2,21,22,23,24,26). The highest BCUT2D eigenvalue weighted by Crippen LogP contribution is 2.44. The van der Waals surface area contributed by atoms with Crippen molar-refractivity contribution in [2.45, 2.75) is 32.8 Å². The zero-order chi connectivity index (χ0) is 19.3. The Kier molecular flexibility index (Phi) is 6.92. The molecule has 2 amide bonds. The number of allylic oxidation sites excluding steroid dienone is 1. The first-order valence-corrected chi connectivity index (χ1v) is 9.22. The van der Waals surface area contributed by atoms with E-state index in [0.717, 1.165) is 6.42 Å². The summed E-state index contributed by atoms with van der Waals surface area (Å²) in [6.45, 7) is 8.24. The molecule has 1 aliphatic rings. The lowest BCUT2D eigenvalue weighted by Crippen LogP contribution is -2.64. The number of hydrogen-bond acceptors (Lipinski definition) is 4. The maximum atomic E-state index is 12.9. The molecule has 0 aromatic heterocycles. The van der Waals surface area contributed by atoms with Gasteiger partial charge in [-0.25, -0.2) is 0 Å². The molecule has 1 aromatic rings. The second kappa shape index (κ2) is 8.75. The quantitative estimate of drug-likeness (QED) is 0.523. The van der Waals surface area contributed by atoms with Gasteiger partial charge < -0.3 is 15.4 Å². The molecule has 1 atom stereocenters. The smallest absolute Gasteiger partial charge is 0.245 e. The lowest BCUT2D eigenvalue weighted by molar-refractivity contribution is -0.156. The SMILES string of the molecule is C=C(Cl)CC1(C(OCCC(C)C)c2ccccc2)C(=O)NC(=S)NC1=O. The van der Waals surface area contributed by atoms with Crippen LogP contribution >= 0.6 is 23.8 Å². The molecular weight excluding hydrogens is 372 g/mol. The minimum atomic E-state index is -1.58. The number of ether oxygens (including phenoxy) is 1. The summed E-state index contributed by atoms with van der Waals surface area (Å²) >= 11 is 11.0. The Bertz CT molecular complexity index is 686. The van der Waals surface area contributed by atoms with E-state index in [1.165, 1.54) is 0 Å². The van der Waals surface area contributed by atoms with Crippen LogP contribution in [0.4, 0.5) is 0 Å². The molecule has 0 bridgehead atoms. The van der Waals surface area contributed by atoms with E-state index >= 15 is 0 Å². The third-order valence-corrected chi connectivity index (χ3v) is 4.60. The summed E-state index contributed by atoms with van der Waals surface area (Å²) < 4.78 is 6.09. The number of carbonyl (C=O) groups is 2. The average molecular weight is 395 g/mol. The molecule has 1 fully saturated rings. The molecule has 1 heterocycles. The third-order valence-electron chi connectivity index (χ3n) is 4.26. The molecule has 5 nitrogen and oxygen atoms in total. The second-order valence-corrected chi connectivity index (χ2v) is 7.69. The molecule has 7 heteroatoms. The van der Waals surface area contributed by atoms with Crippen LogP contribution in [0.5, 0.6) is 0 Å². The van der Waals surface area contributed by atoms with Gasteiger partial charge in [0.1, 0.15) is 6.10 Å². The van der Waals surface area contributed by atoms with Gasteiger partial charge in [0.05, 0.1) is 0 Å². The monoisotopic (exact) mass is 394 g/mol. The van der Waals surface area contributed by atoms with Crippen molar-refractivity contribution in [3.63, 3.8) is 0 Å². The Morgan fingerprint density at radius 2 is 1.81 bits per heavy atom. The van der Waals surface area contributed by atoms with Gasteiger partial charge in [-0.1, -0.05) is 62.4 Å². The first kappa shape index (κ1) is 20.6. The lowest BCUT2D eigenvalue weighted by atomic mass is 9.73. The number of thiocarbonyl (C=S) groups is 1. The van der Waals surface area contributed by atoms with Crippen LogP contribution in [0.15, 0.2) is 41.9 Å². The Hall–Kier alpha value is -1.76. The molecule has 26 heavy (non-hydrogen) atoms. The van der Waals surface area contributed by atoms with E-state index in [0.29, 0.717) is 18.1 Å². The molecule has 0 saturated carbocycles. The number of halogens is 1. The van der Waals surface area contributed by atoms with Crippen molar-refractivity contribution in [3.8, 4) is 0 Å². The fourth-order valence-corrected chi connectivity index (χ4v) is 3.33. The van der Waals surface area contributed by atoms with Crippen LogP contribution in [0.25, 0.3) is 0 Å². The van der Waals surface area contributed by atoms with E-state index in [-0.39, 0.29) is 16.6 Å². The number of hydrogen-bond donors (Lipinski definition) is 2. The summed E-state index contributed by atoms with van der Waals surface area (Å²) in [5.41, 5.74) is -0.869. The summed E-state index contributed by atoms with van der Waals surface area (Å²) in [5, 5.41) is 5.24. The van der Waals surface area contributed by atoms with E-state index in [2.05, 4.69) is 31.1 Å². The summed E-state index contributed by atoms with van der Waals surface area (Å²) in [6.07, 6.45) is -0.0834. The minimum absolute atomic E-state index is 0.0233. The van der Waals surface area contributed by atoms with E-state index in [4.69, 9.17) is 28.6 Å². The van der Waals surface area contributed by atoms with E-state index in [1.54, 1.807) is 0 Å². The maximum absolute atomic E-state index is 12.9. The normalized spacial score (nSPS) is 17.6. The molecule has 1 aliphatic heterocycles. The Labute approximate surface area is 164 Å². The minimum Gasteiger partial charge on any atom is -0.372 e. The van der Waals surface area contributed by atoms with Crippen LogP contribution in [-0.4, -0.2) is 23.5 Å². The molecule has 2 N–H and O–H groups in total. The van der Waals surface area contributed by atoms with Gasteiger partial charge in [-0.3, -0.25) is 9.59 Å². The molecule has 1 saturated heterocycles. The fourth-order valence-electron chi connectivity index (χ4n) is 2.93. The Morgan fingerprint density at radius 1 is 1.23 bits per heavy atom. The largest absolute Gasteiger partial charge is 0.372 e. The highest BCUT2D eigenvalue weighted by Gasteiger charge is 2.56. The van der Waals surface area contributed by atoms with E-state index in [9.17, 15) is 9.59 Å². The number of carbonyl (C=O) groups excluding carboxylic acids is 2. The van der Waals surface area contributed by atoms with Crippen LogP contribution in [0.1, 0.15) is 38.4 Å². The van der Waals surface area contributed by atoms with Crippen molar-refractivity contribution in [2.24, 2.45) is 11.3 Å². The van der Waals surface area contributed by atoms with Crippen LogP contribution in [0.2, 0.25) is 0 Å². The van der Waals surface area contributed by atoms with Crippen molar-refractivity contribution in [3.05, 3.63) is 47.5 Å². The summed E-state index contributed by atoms with van der Waals surface area (Å²) in [4.78, 5) is 25.9. The van der Waals surface area contributed by atoms with Gasteiger partial charge in [-0.15, -0.1) is 0 Å². The van der Waals surface area contributed by atoms with E-state index in [1.807, 2.05) is 30.3 Å². The van der Waals surface area contributed by atoms with Crippen LogP contribution in [0.3, 0.4) is 0 Å².